The zero-order valence-corrected chi connectivity index (χ0v) is 17.0. The molecule has 10 heteroatoms. The average Bonchev–Trinajstić information content (AvgIpc) is 3.03. The van der Waals surface area contributed by atoms with E-state index in [1.807, 2.05) is 0 Å². The van der Waals surface area contributed by atoms with E-state index in [2.05, 4.69) is 11.9 Å². The quantitative estimate of drug-likeness (QED) is 0.604. The highest BCUT2D eigenvalue weighted by Crippen LogP contribution is 2.50. The second kappa shape index (κ2) is 8.70. The number of rotatable bonds is 6. The standard InChI is InChI=1S/C19H26FN3O5S/c1-3-7-22-11-14(6-8-29(22,26)27)17-5-4-15(9-18(17)20)23-12-16(28-19(23)25)10-21-13(2)24/h3-5,9,14,16,26-27H,1,6-8,10-12H2,2H3,(H,21,24)/t14?,16-/m0/s1. The van der Waals surface area contributed by atoms with Gasteiger partial charge in [-0.15, -0.1) is 17.4 Å². The second-order valence-electron chi connectivity index (χ2n) is 7.22. The number of carbonyl (C=O) groups excluding carboxylic acids is 2. The number of amides is 2. The van der Waals surface area contributed by atoms with Gasteiger partial charge in [0.2, 0.25) is 5.91 Å². The smallest absolute Gasteiger partial charge is 0.414 e. The lowest BCUT2D eigenvalue weighted by Gasteiger charge is -2.48. The van der Waals surface area contributed by atoms with Crippen molar-refractivity contribution in [3.8, 4) is 0 Å². The molecule has 8 nitrogen and oxygen atoms in total. The number of halogens is 1. The minimum atomic E-state index is -2.85. The number of cyclic esters (lactones) is 1. The van der Waals surface area contributed by atoms with Crippen molar-refractivity contribution in [3.63, 3.8) is 0 Å². The van der Waals surface area contributed by atoms with Crippen LogP contribution < -0.4 is 10.2 Å². The minimum absolute atomic E-state index is 0.177. The molecule has 3 rings (SSSR count). The summed E-state index contributed by atoms with van der Waals surface area (Å²) in [6, 6.07) is 4.58. The van der Waals surface area contributed by atoms with Crippen LogP contribution in [0.2, 0.25) is 0 Å². The summed E-state index contributed by atoms with van der Waals surface area (Å²) >= 11 is 0. The molecular weight excluding hydrogens is 401 g/mol. The summed E-state index contributed by atoms with van der Waals surface area (Å²) in [5.41, 5.74) is 0.852. The van der Waals surface area contributed by atoms with Crippen LogP contribution in [0.5, 0.6) is 0 Å². The van der Waals surface area contributed by atoms with Crippen LogP contribution in [0.15, 0.2) is 30.9 Å². The van der Waals surface area contributed by atoms with Crippen molar-refractivity contribution < 1.29 is 27.8 Å². The molecule has 160 valence electrons. The molecule has 2 aliphatic heterocycles. The van der Waals surface area contributed by atoms with Crippen molar-refractivity contribution in [2.75, 3.05) is 36.8 Å². The second-order valence-corrected chi connectivity index (χ2v) is 9.41. The van der Waals surface area contributed by atoms with Crippen molar-refractivity contribution in [2.45, 2.75) is 25.4 Å². The first-order valence-electron chi connectivity index (χ1n) is 9.35. The van der Waals surface area contributed by atoms with Crippen molar-refractivity contribution in [1.29, 1.82) is 0 Å². The molecule has 1 aromatic carbocycles. The third-order valence-corrected chi connectivity index (χ3v) is 7.01. The van der Waals surface area contributed by atoms with E-state index in [4.69, 9.17) is 4.74 Å². The maximum atomic E-state index is 14.9. The van der Waals surface area contributed by atoms with Gasteiger partial charge in [0.25, 0.3) is 0 Å². The topological polar surface area (TPSA) is 102 Å². The lowest BCUT2D eigenvalue weighted by atomic mass is 9.95. The Morgan fingerprint density at radius 1 is 1.45 bits per heavy atom. The van der Waals surface area contributed by atoms with Gasteiger partial charge in [-0.25, -0.2) is 13.5 Å². The zero-order valence-electron chi connectivity index (χ0n) is 16.2. The summed E-state index contributed by atoms with van der Waals surface area (Å²) < 4.78 is 41.9. The molecule has 2 fully saturated rings. The van der Waals surface area contributed by atoms with E-state index in [1.54, 1.807) is 18.2 Å². The van der Waals surface area contributed by atoms with Crippen molar-refractivity contribution in [3.05, 3.63) is 42.2 Å². The van der Waals surface area contributed by atoms with Crippen LogP contribution in [-0.4, -0.2) is 63.4 Å². The first-order valence-corrected chi connectivity index (χ1v) is 11.0. The number of nitrogens with one attached hydrogen (secondary N) is 1. The molecule has 0 radical (unpaired) electrons. The number of hydrogen-bond donors (Lipinski definition) is 3. The molecule has 1 aromatic rings. The molecule has 0 aliphatic carbocycles. The predicted molar refractivity (Wildman–Crippen MR) is 110 cm³/mol. The first kappa shape index (κ1) is 21.6. The zero-order chi connectivity index (χ0) is 21.2. The van der Waals surface area contributed by atoms with Gasteiger partial charge in [0.1, 0.15) is 11.9 Å². The van der Waals surface area contributed by atoms with Gasteiger partial charge in [-0.1, -0.05) is 12.1 Å². The maximum absolute atomic E-state index is 14.9. The summed E-state index contributed by atoms with van der Waals surface area (Å²) in [6.45, 7) is 6.05. The van der Waals surface area contributed by atoms with Gasteiger partial charge in [0.15, 0.2) is 0 Å². The maximum Gasteiger partial charge on any atom is 0.414 e. The van der Waals surface area contributed by atoms with Gasteiger partial charge in [-0.05, 0) is 24.1 Å². The molecule has 0 bridgehead atoms. The highest BCUT2D eigenvalue weighted by Gasteiger charge is 2.35. The van der Waals surface area contributed by atoms with Gasteiger partial charge < -0.3 is 10.1 Å². The summed E-state index contributed by atoms with van der Waals surface area (Å²) in [6.07, 6.45) is 0.963. The van der Waals surface area contributed by atoms with E-state index in [9.17, 15) is 23.1 Å². The van der Waals surface area contributed by atoms with Crippen LogP contribution >= 0.6 is 10.8 Å². The van der Waals surface area contributed by atoms with E-state index in [0.29, 0.717) is 30.8 Å². The minimum Gasteiger partial charge on any atom is -0.442 e. The van der Waals surface area contributed by atoms with E-state index in [-0.39, 0.29) is 30.7 Å². The normalized spacial score (nSPS) is 25.4. The van der Waals surface area contributed by atoms with Crippen LogP contribution in [0.25, 0.3) is 0 Å². The van der Waals surface area contributed by atoms with Crippen molar-refractivity contribution in [2.24, 2.45) is 0 Å². The number of hydrogen-bond acceptors (Lipinski definition) is 6. The van der Waals surface area contributed by atoms with E-state index in [0.717, 1.165) is 0 Å². The first-order chi connectivity index (χ1) is 13.7. The fourth-order valence-electron chi connectivity index (χ4n) is 3.59. The largest absolute Gasteiger partial charge is 0.442 e. The summed E-state index contributed by atoms with van der Waals surface area (Å²) in [4.78, 5) is 24.5. The van der Waals surface area contributed by atoms with Crippen LogP contribution in [0, 0.1) is 5.82 Å². The summed E-state index contributed by atoms with van der Waals surface area (Å²) in [7, 11) is -2.85. The van der Waals surface area contributed by atoms with Gasteiger partial charge in [-0.2, -0.15) is 0 Å². The van der Waals surface area contributed by atoms with Crippen LogP contribution in [0.4, 0.5) is 14.9 Å². The third kappa shape index (κ3) is 4.89. The summed E-state index contributed by atoms with van der Waals surface area (Å²) in [5.74, 6) is -0.690. The highest BCUT2D eigenvalue weighted by atomic mass is 32.3. The molecule has 0 spiro atoms. The van der Waals surface area contributed by atoms with Crippen LogP contribution in [0.1, 0.15) is 24.8 Å². The van der Waals surface area contributed by atoms with Gasteiger partial charge >= 0.3 is 6.09 Å². The Labute approximate surface area is 170 Å². The lowest BCUT2D eigenvalue weighted by molar-refractivity contribution is -0.119. The van der Waals surface area contributed by atoms with E-state index < -0.39 is 28.8 Å². The molecule has 29 heavy (non-hydrogen) atoms. The summed E-state index contributed by atoms with van der Waals surface area (Å²) in [5, 5.41) is 2.60. The number of carbonyl (C=O) groups is 2. The Morgan fingerprint density at radius 3 is 2.86 bits per heavy atom. The molecule has 0 saturated carbocycles. The highest BCUT2D eigenvalue weighted by molar-refractivity contribution is 8.22. The van der Waals surface area contributed by atoms with Crippen molar-refractivity contribution >= 4 is 28.5 Å². The Bertz CT molecular complexity index is 806. The molecule has 2 atom stereocenters. The Hall–Kier alpha value is -2.14. The van der Waals surface area contributed by atoms with Gasteiger partial charge in [-0.3, -0.25) is 18.8 Å². The molecule has 2 heterocycles. The Morgan fingerprint density at radius 2 is 2.21 bits per heavy atom. The molecule has 1 unspecified atom stereocenters. The van der Waals surface area contributed by atoms with E-state index >= 15 is 0 Å². The average molecular weight is 427 g/mol. The van der Waals surface area contributed by atoms with Crippen LogP contribution in [-0.2, 0) is 9.53 Å². The molecule has 2 amide bonds. The number of ether oxygens (including phenoxy) is 1. The third-order valence-electron chi connectivity index (χ3n) is 5.10. The Kier molecular flexibility index (Phi) is 6.47. The van der Waals surface area contributed by atoms with Crippen LogP contribution in [0.3, 0.4) is 0 Å². The fraction of sp³-hybridized carbons (Fsp3) is 0.474. The van der Waals surface area contributed by atoms with Crippen molar-refractivity contribution in [1.82, 2.24) is 9.62 Å². The predicted octanol–water partition coefficient (Wildman–Crippen LogP) is 2.93. The lowest BCUT2D eigenvalue weighted by Crippen LogP contribution is -2.38. The number of benzene rings is 1. The molecule has 2 aliphatic rings. The van der Waals surface area contributed by atoms with Gasteiger partial charge in [0.05, 0.1) is 24.5 Å². The SMILES string of the molecule is C=CCN1CC(c2ccc(N3C[C@H](CNC(C)=O)OC3=O)cc2F)CCS1(O)O. The number of anilines is 1. The molecule has 2 saturated heterocycles. The molecular formula is C19H26FN3O5S. The fourth-order valence-corrected chi connectivity index (χ4v) is 5.21. The Balaban J connectivity index is 1.71. The van der Waals surface area contributed by atoms with E-state index in [1.165, 1.54) is 22.2 Å². The van der Waals surface area contributed by atoms with Gasteiger partial charge in [0, 0.05) is 25.9 Å². The monoisotopic (exact) mass is 427 g/mol. The molecule has 3 N–H and O–H groups in total. The number of nitrogens with zero attached hydrogens (tertiary/aromatic N) is 2. The molecule has 0 aromatic heterocycles.